The Morgan fingerprint density at radius 1 is 1.16 bits per heavy atom. The number of unbranched alkanes of at least 4 members (excludes halogenated alkanes) is 1. The van der Waals surface area contributed by atoms with Crippen LogP contribution in [0.3, 0.4) is 0 Å². The van der Waals surface area contributed by atoms with Crippen molar-refractivity contribution in [1.82, 2.24) is 4.90 Å². The first kappa shape index (κ1) is 19.3. The van der Waals surface area contributed by atoms with Gasteiger partial charge in [-0.25, -0.2) is 4.79 Å². The normalized spacial score (nSPS) is 10.5. The first-order chi connectivity index (χ1) is 12.1. The van der Waals surface area contributed by atoms with Gasteiger partial charge in [0, 0.05) is 37.5 Å². The molecule has 0 atom stereocenters. The van der Waals surface area contributed by atoms with Gasteiger partial charge in [0.05, 0.1) is 0 Å². The van der Waals surface area contributed by atoms with Crippen LogP contribution in [-0.2, 0) is 11.3 Å². The minimum Gasteiger partial charge on any atom is -0.385 e. The molecule has 0 aromatic heterocycles. The number of hydrogen-bond acceptors (Lipinski definition) is 2. The zero-order valence-electron chi connectivity index (χ0n) is 14.8. The average molecular weight is 361 g/mol. The molecule has 0 radical (unpaired) electrons. The minimum absolute atomic E-state index is 0.124. The van der Waals surface area contributed by atoms with E-state index in [1.807, 2.05) is 54.3 Å². The van der Waals surface area contributed by atoms with Gasteiger partial charge in [0.15, 0.2) is 0 Å². The summed E-state index contributed by atoms with van der Waals surface area (Å²) in [6.45, 7) is 3.88. The van der Waals surface area contributed by atoms with Crippen molar-refractivity contribution in [3.05, 3.63) is 64.7 Å². The highest BCUT2D eigenvalue weighted by Crippen LogP contribution is 2.20. The van der Waals surface area contributed by atoms with Crippen LogP contribution < -0.4 is 5.32 Å². The first-order valence-corrected chi connectivity index (χ1v) is 8.83. The Morgan fingerprint density at radius 2 is 1.92 bits per heavy atom. The second-order valence-corrected chi connectivity index (χ2v) is 6.41. The van der Waals surface area contributed by atoms with Crippen molar-refractivity contribution >= 4 is 23.3 Å². The van der Waals surface area contributed by atoms with Crippen LogP contribution in [0.15, 0.2) is 48.5 Å². The summed E-state index contributed by atoms with van der Waals surface area (Å²) in [6.07, 6.45) is 1.81. The maximum atomic E-state index is 12.7. The zero-order chi connectivity index (χ0) is 18.1. The Balaban J connectivity index is 2.03. The number of anilines is 1. The van der Waals surface area contributed by atoms with Gasteiger partial charge in [-0.3, -0.25) is 0 Å². The molecule has 0 bridgehead atoms. The van der Waals surface area contributed by atoms with Crippen LogP contribution >= 0.6 is 11.6 Å². The van der Waals surface area contributed by atoms with Crippen LogP contribution in [0.5, 0.6) is 0 Å². The summed E-state index contributed by atoms with van der Waals surface area (Å²) < 4.78 is 5.09. The molecule has 0 heterocycles. The van der Waals surface area contributed by atoms with E-state index in [1.54, 1.807) is 13.2 Å². The van der Waals surface area contributed by atoms with Crippen molar-refractivity contribution in [2.24, 2.45) is 0 Å². The van der Waals surface area contributed by atoms with Crippen LogP contribution in [0, 0.1) is 6.92 Å². The SMILES string of the molecule is COCCCCN(Cc1ccccc1)C(=O)Nc1ccc(C)c(Cl)c1. The van der Waals surface area contributed by atoms with E-state index in [9.17, 15) is 4.79 Å². The van der Waals surface area contributed by atoms with Crippen LogP contribution in [0.1, 0.15) is 24.0 Å². The smallest absolute Gasteiger partial charge is 0.322 e. The van der Waals surface area contributed by atoms with Crippen molar-refractivity contribution in [3.63, 3.8) is 0 Å². The van der Waals surface area contributed by atoms with Crippen LogP contribution in [0.25, 0.3) is 0 Å². The van der Waals surface area contributed by atoms with Gasteiger partial charge in [-0.1, -0.05) is 48.0 Å². The Morgan fingerprint density at radius 3 is 2.60 bits per heavy atom. The third-order valence-electron chi connectivity index (χ3n) is 3.95. The van der Waals surface area contributed by atoms with Crippen LogP contribution in [0.4, 0.5) is 10.5 Å². The molecule has 0 aliphatic rings. The van der Waals surface area contributed by atoms with E-state index in [2.05, 4.69) is 5.32 Å². The number of rotatable bonds is 8. The number of aryl methyl sites for hydroxylation is 1. The zero-order valence-corrected chi connectivity index (χ0v) is 15.6. The molecule has 2 rings (SSSR count). The highest BCUT2D eigenvalue weighted by molar-refractivity contribution is 6.31. The minimum atomic E-state index is -0.124. The number of hydrogen-bond donors (Lipinski definition) is 1. The standard InChI is InChI=1S/C20H25ClN2O2/c1-16-10-11-18(14-19(16)21)22-20(24)23(12-6-7-13-25-2)15-17-8-4-3-5-9-17/h3-5,8-11,14H,6-7,12-13,15H2,1-2H3,(H,22,24). The van der Waals surface area contributed by atoms with Crippen molar-refractivity contribution in [1.29, 1.82) is 0 Å². The molecule has 0 saturated heterocycles. The first-order valence-electron chi connectivity index (χ1n) is 8.45. The monoisotopic (exact) mass is 360 g/mol. The number of benzene rings is 2. The Labute approximate surface area is 154 Å². The second-order valence-electron chi connectivity index (χ2n) is 6.00. The predicted molar refractivity (Wildman–Crippen MR) is 103 cm³/mol. The second kappa shape index (κ2) is 10.1. The molecule has 25 heavy (non-hydrogen) atoms. The number of urea groups is 1. The van der Waals surface area contributed by atoms with E-state index < -0.39 is 0 Å². The molecular formula is C20H25ClN2O2. The lowest BCUT2D eigenvalue weighted by Gasteiger charge is -2.23. The lowest BCUT2D eigenvalue weighted by Crippen LogP contribution is -2.35. The number of methoxy groups -OCH3 is 1. The third-order valence-corrected chi connectivity index (χ3v) is 4.36. The number of carbonyl (C=O) groups is 1. The molecule has 0 spiro atoms. The molecule has 0 fully saturated rings. The molecule has 5 heteroatoms. The van der Waals surface area contributed by atoms with E-state index in [0.717, 1.165) is 24.0 Å². The fourth-order valence-electron chi connectivity index (χ4n) is 2.48. The summed E-state index contributed by atoms with van der Waals surface area (Å²) in [5.74, 6) is 0. The summed E-state index contributed by atoms with van der Waals surface area (Å²) in [7, 11) is 1.69. The number of carbonyl (C=O) groups excluding carboxylic acids is 1. The highest BCUT2D eigenvalue weighted by Gasteiger charge is 2.14. The van der Waals surface area contributed by atoms with E-state index in [-0.39, 0.29) is 6.03 Å². The lowest BCUT2D eigenvalue weighted by molar-refractivity contribution is 0.182. The van der Waals surface area contributed by atoms with E-state index in [0.29, 0.717) is 30.4 Å². The fraction of sp³-hybridized carbons (Fsp3) is 0.350. The molecule has 0 aliphatic heterocycles. The summed E-state index contributed by atoms with van der Waals surface area (Å²) in [5, 5.41) is 3.59. The highest BCUT2D eigenvalue weighted by atomic mass is 35.5. The number of ether oxygens (including phenoxy) is 1. The van der Waals surface area contributed by atoms with Crippen molar-refractivity contribution in [2.45, 2.75) is 26.3 Å². The molecule has 0 aliphatic carbocycles. The van der Waals surface area contributed by atoms with Gasteiger partial charge in [0.1, 0.15) is 0 Å². The molecule has 2 aromatic carbocycles. The van der Waals surface area contributed by atoms with E-state index in [1.165, 1.54) is 0 Å². The third kappa shape index (κ3) is 6.40. The van der Waals surface area contributed by atoms with Crippen molar-refractivity contribution in [2.75, 3.05) is 25.6 Å². The topological polar surface area (TPSA) is 41.6 Å². The summed E-state index contributed by atoms with van der Waals surface area (Å²) in [4.78, 5) is 14.5. The van der Waals surface area contributed by atoms with Crippen LogP contribution in [0.2, 0.25) is 5.02 Å². The van der Waals surface area contributed by atoms with Gasteiger partial charge in [0.2, 0.25) is 0 Å². The Hall–Kier alpha value is -2.04. The lowest BCUT2D eigenvalue weighted by atomic mass is 10.2. The summed E-state index contributed by atoms with van der Waals surface area (Å²) in [6, 6.07) is 15.4. The molecule has 134 valence electrons. The molecule has 0 unspecified atom stereocenters. The number of amides is 2. The molecule has 4 nitrogen and oxygen atoms in total. The van der Waals surface area contributed by atoms with Crippen molar-refractivity contribution < 1.29 is 9.53 Å². The van der Waals surface area contributed by atoms with Crippen LogP contribution in [-0.4, -0.2) is 31.2 Å². The molecule has 2 amide bonds. The average Bonchev–Trinajstić information content (AvgIpc) is 2.61. The number of nitrogens with one attached hydrogen (secondary N) is 1. The molecule has 0 saturated carbocycles. The molecular weight excluding hydrogens is 336 g/mol. The maximum absolute atomic E-state index is 12.7. The summed E-state index contributed by atoms with van der Waals surface area (Å²) >= 11 is 6.15. The summed E-state index contributed by atoms with van der Waals surface area (Å²) in [5.41, 5.74) is 2.79. The number of nitrogens with zero attached hydrogens (tertiary/aromatic N) is 1. The van der Waals surface area contributed by atoms with E-state index in [4.69, 9.17) is 16.3 Å². The number of halogens is 1. The molecule has 2 aromatic rings. The quantitative estimate of drug-likeness (QED) is 0.664. The Bertz CT molecular complexity index is 677. The molecule has 1 N–H and O–H groups in total. The van der Waals surface area contributed by atoms with Crippen molar-refractivity contribution in [3.8, 4) is 0 Å². The predicted octanol–water partition coefficient (Wildman–Crippen LogP) is 5.11. The largest absolute Gasteiger partial charge is 0.385 e. The fourth-order valence-corrected chi connectivity index (χ4v) is 2.66. The van der Waals surface area contributed by atoms with Gasteiger partial charge < -0.3 is 15.0 Å². The van der Waals surface area contributed by atoms with Gasteiger partial charge in [0.25, 0.3) is 0 Å². The maximum Gasteiger partial charge on any atom is 0.322 e. The van der Waals surface area contributed by atoms with Gasteiger partial charge in [-0.15, -0.1) is 0 Å². The van der Waals surface area contributed by atoms with E-state index >= 15 is 0 Å². The Kier molecular flexibility index (Phi) is 7.76. The van der Waals surface area contributed by atoms with Gasteiger partial charge in [-0.2, -0.15) is 0 Å². The van der Waals surface area contributed by atoms with Gasteiger partial charge in [-0.05, 0) is 43.0 Å². The van der Waals surface area contributed by atoms with Gasteiger partial charge >= 0.3 is 6.03 Å².